The van der Waals surface area contributed by atoms with Gasteiger partial charge in [-0.15, -0.1) is 0 Å². The molecule has 0 aromatic carbocycles. The number of rotatable bonds is 7. The number of imidazole rings is 1. The number of pyridine rings is 1. The van der Waals surface area contributed by atoms with Gasteiger partial charge in [0.15, 0.2) is 0 Å². The van der Waals surface area contributed by atoms with Crippen LogP contribution in [0.15, 0.2) is 24.5 Å². The number of amides is 1. The second-order valence-electron chi connectivity index (χ2n) is 4.49. The van der Waals surface area contributed by atoms with Crippen molar-refractivity contribution in [1.29, 1.82) is 0 Å². The minimum absolute atomic E-state index is 0.155. The summed E-state index contributed by atoms with van der Waals surface area (Å²) < 4.78 is 0. The minimum Gasteiger partial charge on any atom is -0.370 e. The molecule has 0 aliphatic heterocycles. The van der Waals surface area contributed by atoms with Gasteiger partial charge >= 0.3 is 0 Å². The van der Waals surface area contributed by atoms with Crippen LogP contribution in [-0.4, -0.2) is 33.9 Å². The van der Waals surface area contributed by atoms with Gasteiger partial charge in [-0.05, 0) is 25.5 Å². The third kappa shape index (κ3) is 4.75. The molecule has 0 saturated carbocycles. The number of nitrogens with one attached hydrogen (secondary N) is 3. The number of halogens is 1. The van der Waals surface area contributed by atoms with Crippen LogP contribution in [0, 0.1) is 0 Å². The normalized spacial score (nSPS) is 10.4. The van der Waals surface area contributed by atoms with Crippen molar-refractivity contribution in [1.82, 2.24) is 20.3 Å². The van der Waals surface area contributed by atoms with Crippen LogP contribution in [0.5, 0.6) is 0 Å². The van der Waals surface area contributed by atoms with Crippen molar-refractivity contribution in [2.24, 2.45) is 0 Å². The van der Waals surface area contributed by atoms with Gasteiger partial charge in [-0.2, -0.15) is 0 Å². The lowest BCUT2D eigenvalue weighted by Gasteiger charge is -2.08. The molecular formula is C14H18ClN5O. The third-order valence-corrected chi connectivity index (χ3v) is 3.04. The molecular weight excluding hydrogens is 290 g/mol. The summed E-state index contributed by atoms with van der Waals surface area (Å²) in [6.45, 7) is 3.25. The molecule has 0 spiro atoms. The Morgan fingerprint density at radius 3 is 3.00 bits per heavy atom. The summed E-state index contributed by atoms with van der Waals surface area (Å²) in [4.78, 5) is 23.3. The molecule has 1 amide bonds. The molecule has 0 radical (unpaired) electrons. The van der Waals surface area contributed by atoms with Gasteiger partial charge in [-0.1, -0.05) is 11.6 Å². The van der Waals surface area contributed by atoms with Gasteiger partial charge in [-0.25, -0.2) is 9.97 Å². The Kier molecular flexibility index (Phi) is 5.57. The number of aromatic amines is 1. The lowest BCUT2D eigenvalue weighted by atomic mass is 10.2. The lowest BCUT2D eigenvalue weighted by Crippen LogP contribution is -2.25. The maximum atomic E-state index is 12.1. The third-order valence-electron chi connectivity index (χ3n) is 2.84. The summed E-state index contributed by atoms with van der Waals surface area (Å²) in [5.41, 5.74) is 0.504. The first-order valence-corrected chi connectivity index (χ1v) is 7.24. The summed E-state index contributed by atoms with van der Waals surface area (Å²) in [6.07, 6.45) is 5.12. The molecule has 0 atom stereocenters. The van der Waals surface area contributed by atoms with E-state index < -0.39 is 0 Å². The minimum atomic E-state index is -0.155. The number of carbonyl (C=O) groups excluding carboxylic acids is 1. The molecule has 2 aromatic rings. The van der Waals surface area contributed by atoms with Gasteiger partial charge in [0, 0.05) is 37.5 Å². The second kappa shape index (κ2) is 7.64. The molecule has 0 bridgehead atoms. The van der Waals surface area contributed by atoms with E-state index in [1.54, 1.807) is 24.5 Å². The monoisotopic (exact) mass is 307 g/mol. The lowest BCUT2D eigenvalue weighted by molar-refractivity contribution is 0.0953. The fourth-order valence-corrected chi connectivity index (χ4v) is 2.10. The molecule has 3 N–H and O–H groups in total. The van der Waals surface area contributed by atoms with Crippen LogP contribution >= 0.6 is 11.6 Å². The maximum Gasteiger partial charge on any atom is 0.251 e. The zero-order valence-corrected chi connectivity index (χ0v) is 12.6. The first-order valence-electron chi connectivity index (χ1n) is 6.87. The van der Waals surface area contributed by atoms with Crippen molar-refractivity contribution in [2.45, 2.75) is 19.8 Å². The fourth-order valence-electron chi connectivity index (χ4n) is 1.89. The SMILES string of the molecule is CCNc1cc(C(=O)NCCCc2ncc[nH]2)cc(Cl)n1. The Morgan fingerprint density at radius 2 is 2.29 bits per heavy atom. The summed E-state index contributed by atoms with van der Waals surface area (Å²) in [7, 11) is 0. The molecule has 21 heavy (non-hydrogen) atoms. The number of hydrogen-bond donors (Lipinski definition) is 3. The highest BCUT2D eigenvalue weighted by Crippen LogP contribution is 2.14. The molecule has 6 nitrogen and oxygen atoms in total. The Morgan fingerprint density at radius 1 is 1.43 bits per heavy atom. The van der Waals surface area contributed by atoms with Crippen LogP contribution < -0.4 is 10.6 Å². The van der Waals surface area contributed by atoms with E-state index in [1.165, 1.54) is 0 Å². The standard InChI is InChI=1S/C14H18ClN5O/c1-2-16-13-9-10(8-11(15)20-13)14(21)19-5-3-4-12-17-6-7-18-12/h6-9H,2-5H2,1H3,(H,16,20)(H,17,18)(H,19,21). The van der Waals surface area contributed by atoms with Crippen LogP contribution in [0.3, 0.4) is 0 Å². The predicted octanol–water partition coefficient (Wildman–Crippen LogP) is 2.25. The zero-order chi connectivity index (χ0) is 15.1. The van der Waals surface area contributed by atoms with Gasteiger partial charge in [0.25, 0.3) is 5.91 Å². The molecule has 2 aromatic heterocycles. The van der Waals surface area contributed by atoms with E-state index in [2.05, 4.69) is 25.6 Å². The van der Waals surface area contributed by atoms with E-state index in [0.717, 1.165) is 25.2 Å². The van der Waals surface area contributed by atoms with Gasteiger partial charge < -0.3 is 15.6 Å². The van der Waals surface area contributed by atoms with Crippen LogP contribution in [0.1, 0.15) is 29.5 Å². The number of H-pyrrole nitrogens is 1. The Labute approximate surface area is 128 Å². The summed E-state index contributed by atoms with van der Waals surface area (Å²) in [5, 5.41) is 6.20. The van der Waals surface area contributed by atoms with Crippen molar-refractivity contribution >= 4 is 23.3 Å². The molecule has 7 heteroatoms. The van der Waals surface area contributed by atoms with E-state index in [-0.39, 0.29) is 5.91 Å². The van der Waals surface area contributed by atoms with Gasteiger partial charge in [0.05, 0.1) is 0 Å². The number of aryl methyl sites for hydroxylation is 1. The largest absolute Gasteiger partial charge is 0.370 e. The smallest absolute Gasteiger partial charge is 0.251 e. The topological polar surface area (TPSA) is 82.7 Å². The molecule has 0 aliphatic carbocycles. The average Bonchev–Trinajstić information content (AvgIpc) is 2.96. The van der Waals surface area contributed by atoms with Crippen molar-refractivity contribution in [2.75, 3.05) is 18.4 Å². The zero-order valence-electron chi connectivity index (χ0n) is 11.8. The number of anilines is 1. The van der Waals surface area contributed by atoms with Crippen LogP contribution in [0.2, 0.25) is 5.15 Å². The van der Waals surface area contributed by atoms with E-state index >= 15 is 0 Å². The first kappa shape index (κ1) is 15.3. The number of aromatic nitrogens is 3. The number of hydrogen-bond acceptors (Lipinski definition) is 4. The maximum absolute atomic E-state index is 12.1. The van der Waals surface area contributed by atoms with Gasteiger partial charge in [0.1, 0.15) is 16.8 Å². The first-order chi connectivity index (χ1) is 10.2. The fraction of sp³-hybridized carbons (Fsp3) is 0.357. The average molecular weight is 308 g/mol. The molecule has 0 aliphatic rings. The molecule has 2 heterocycles. The molecule has 112 valence electrons. The van der Waals surface area contributed by atoms with E-state index in [4.69, 9.17) is 11.6 Å². The molecule has 0 fully saturated rings. The van der Waals surface area contributed by atoms with Crippen molar-refractivity contribution in [3.8, 4) is 0 Å². The van der Waals surface area contributed by atoms with Crippen molar-refractivity contribution in [3.05, 3.63) is 41.1 Å². The second-order valence-corrected chi connectivity index (χ2v) is 4.88. The number of carbonyl (C=O) groups is 1. The Hall–Kier alpha value is -2.08. The molecule has 0 unspecified atom stereocenters. The van der Waals surface area contributed by atoms with E-state index in [0.29, 0.717) is 23.1 Å². The predicted molar refractivity (Wildman–Crippen MR) is 82.7 cm³/mol. The summed E-state index contributed by atoms with van der Waals surface area (Å²) >= 11 is 5.92. The van der Waals surface area contributed by atoms with Crippen molar-refractivity contribution < 1.29 is 4.79 Å². The van der Waals surface area contributed by atoms with Crippen LogP contribution in [-0.2, 0) is 6.42 Å². The Balaban J connectivity index is 1.85. The number of nitrogens with zero attached hydrogens (tertiary/aromatic N) is 2. The van der Waals surface area contributed by atoms with E-state index in [1.807, 2.05) is 6.92 Å². The van der Waals surface area contributed by atoms with Crippen molar-refractivity contribution in [3.63, 3.8) is 0 Å². The summed E-state index contributed by atoms with van der Waals surface area (Å²) in [5.74, 6) is 1.37. The highest BCUT2D eigenvalue weighted by Gasteiger charge is 2.08. The van der Waals surface area contributed by atoms with E-state index in [9.17, 15) is 4.79 Å². The summed E-state index contributed by atoms with van der Waals surface area (Å²) in [6, 6.07) is 3.25. The Bertz CT molecular complexity index is 585. The van der Waals surface area contributed by atoms with Crippen LogP contribution in [0.4, 0.5) is 5.82 Å². The van der Waals surface area contributed by atoms with Gasteiger partial charge in [0.2, 0.25) is 0 Å². The highest BCUT2D eigenvalue weighted by molar-refractivity contribution is 6.29. The van der Waals surface area contributed by atoms with Crippen LogP contribution in [0.25, 0.3) is 0 Å². The molecule has 0 saturated heterocycles. The quantitative estimate of drug-likeness (QED) is 0.541. The van der Waals surface area contributed by atoms with Gasteiger partial charge in [-0.3, -0.25) is 4.79 Å². The molecule has 2 rings (SSSR count). The highest BCUT2D eigenvalue weighted by atomic mass is 35.5.